The van der Waals surface area contributed by atoms with E-state index in [-0.39, 0.29) is 23.6 Å². The van der Waals surface area contributed by atoms with Crippen molar-refractivity contribution in [3.05, 3.63) is 12.7 Å². The topological polar surface area (TPSA) is 169 Å². The minimum Gasteiger partial charge on any atom is -0.464 e. The number of hydrogen-bond acceptors (Lipinski definition) is 11. The standard InChI is InChI=1S/C18H22N6O7/c1-8(25)24-12(5-29-9(2)26)14(30-10(3)27)15(31-11(4)28)18(24)23-7-22-13-16(19)20-6-21-17(13)23/h6-7,12,14-15,18H,5H2,1-4H3,(H2,19,20,21). The van der Waals surface area contributed by atoms with Crippen LogP contribution in [-0.4, -0.2) is 73.1 Å². The van der Waals surface area contributed by atoms with Crippen molar-refractivity contribution in [2.75, 3.05) is 12.3 Å². The van der Waals surface area contributed by atoms with E-state index in [9.17, 15) is 19.2 Å². The van der Waals surface area contributed by atoms with Crippen molar-refractivity contribution in [2.24, 2.45) is 0 Å². The smallest absolute Gasteiger partial charge is 0.303 e. The third-order valence-electron chi connectivity index (χ3n) is 4.74. The molecule has 1 aliphatic rings. The van der Waals surface area contributed by atoms with Gasteiger partial charge in [-0.05, 0) is 0 Å². The molecule has 3 rings (SSSR count). The molecule has 0 aromatic carbocycles. The van der Waals surface area contributed by atoms with Gasteiger partial charge in [0.25, 0.3) is 0 Å². The fourth-order valence-electron chi connectivity index (χ4n) is 3.71. The molecule has 0 saturated carbocycles. The summed E-state index contributed by atoms with van der Waals surface area (Å²) in [5.41, 5.74) is 6.41. The van der Waals surface area contributed by atoms with Gasteiger partial charge in [0.1, 0.15) is 24.5 Å². The number of carbonyl (C=O) groups is 4. The molecule has 4 atom stereocenters. The Hall–Kier alpha value is -3.77. The molecule has 2 aromatic rings. The van der Waals surface area contributed by atoms with Crippen LogP contribution in [-0.2, 0) is 33.4 Å². The zero-order valence-corrected chi connectivity index (χ0v) is 17.3. The summed E-state index contributed by atoms with van der Waals surface area (Å²) < 4.78 is 17.5. The highest BCUT2D eigenvalue weighted by Crippen LogP contribution is 2.39. The van der Waals surface area contributed by atoms with E-state index in [0.717, 1.165) is 0 Å². The van der Waals surface area contributed by atoms with Crippen LogP contribution >= 0.6 is 0 Å². The van der Waals surface area contributed by atoms with Gasteiger partial charge in [-0.25, -0.2) is 15.0 Å². The average molecular weight is 434 g/mol. The molecule has 4 unspecified atom stereocenters. The molecule has 0 spiro atoms. The van der Waals surface area contributed by atoms with Crippen LogP contribution in [0.4, 0.5) is 5.82 Å². The van der Waals surface area contributed by atoms with E-state index in [1.54, 1.807) is 0 Å². The molecule has 1 saturated heterocycles. The number of nitrogens with two attached hydrogens (primary N) is 1. The lowest BCUT2D eigenvalue weighted by atomic mass is 10.1. The van der Waals surface area contributed by atoms with E-state index in [4.69, 9.17) is 19.9 Å². The molecule has 13 heteroatoms. The first kappa shape index (κ1) is 21.9. The van der Waals surface area contributed by atoms with Crippen LogP contribution < -0.4 is 5.73 Å². The van der Waals surface area contributed by atoms with E-state index >= 15 is 0 Å². The first-order chi connectivity index (χ1) is 14.6. The van der Waals surface area contributed by atoms with Crippen molar-refractivity contribution in [3.8, 4) is 0 Å². The fraction of sp³-hybridized carbons (Fsp3) is 0.500. The Morgan fingerprint density at radius 2 is 1.61 bits per heavy atom. The molecule has 2 aromatic heterocycles. The van der Waals surface area contributed by atoms with Gasteiger partial charge < -0.3 is 24.8 Å². The van der Waals surface area contributed by atoms with Crippen molar-refractivity contribution in [1.82, 2.24) is 24.4 Å². The van der Waals surface area contributed by atoms with Gasteiger partial charge in [0.2, 0.25) is 5.91 Å². The Balaban J connectivity index is 2.18. The lowest BCUT2D eigenvalue weighted by Crippen LogP contribution is -2.45. The highest BCUT2D eigenvalue weighted by molar-refractivity contribution is 5.82. The summed E-state index contributed by atoms with van der Waals surface area (Å²) in [5.74, 6) is -2.25. The van der Waals surface area contributed by atoms with Crippen LogP contribution in [0.2, 0.25) is 0 Å². The summed E-state index contributed by atoms with van der Waals surface area (Å²) >= 11 is 0. The second-order valence-corrected chi connectivity index (χ2v) is 6.94. The van der Waals surface area contributed by atoms with Gasteiger partial charge in [-0.1, -0.05) is 0 Å². The maximum atomic E-state index is 12.7. The quantitative estimate of drug-likeness (QED) is 0.478. The van der Waals surface area contributed by atoms with Crippen molar-refractivity contribution in [3.63, 3.8) is 0 Å². The maximum Gasteiger partial charge on any atom is 0.303 e. The summed E-state index contributed by atoms with van der Waals surface area (Å²) in [6.07, 6.45) is -0.675. The molecular formula is C18H22N6O7. The number of imidazole rings is 1. The zero-order chi connectivity index (χ0) is 22.9. The predicted molar refractivity (Wildman–Crippen MR) is 103 cm³/mol. The summed E-state index contributed by atoms with van der Waals surface area (Å²) in [5, 5.41) is 0. The SMILES string of the molecule is CC(=O)OCC1C(OC(C)=O)C(OC(C)=O)C(n2cnc3c(N)ncnc32)N1C(C)=O. The summed E-state index contributed by atoms with van der Waals surface area (Å²) in [6, 6.07) is -0.934. The van der Waals surface area contributed by atoms with Crippen LogP contribution in [0.5, 0.6) is 0 Å². The molecule has 13 nitrogen and oxygen atoms in total. The van der Waals surface area contributed by atoms with E-state index in [2.05, 4.69) is 15.0 Å². The van der Waals surface area contributed by atoms with Crippen LogP contribution in [0, 0.1) is 0 Å². The van der Waals surface area contributed by atoms with Crippen LogP contribution in [0.15, 0.2) is 12.7 Å². The van der Waals surface area contributed by atoms with Gasteiger partial charge in [-0.15, -0.1) is 0 Å². The van der Waals surface area contributed by atoms with Crippen molar-refractivity contribution in [2.45, 2.75) is 52.1 Å². The number of nitrogen functional groups attached to an aromatic ring is 1. The number of fused-ring (bicyclic) bond motifs is 1. The minimum absolute atomic E-state index is 0.119. The first-order valence-electron chi connectivity index (χ1n) is 9.31. The van der Waals surface area contributed by atoms with Crippen LogP contribution in [0.25, 0.3) is 11.2 Å². The van der Waals surface area contributed by atoms with Crippen molar-refractivity contribution in [1.29, 1.82) is 0 Å². The lowest BCUT2D eigenvalue weighted by molar-refractivity contribution is -0.166. The van der Waals surface area contributed by atoms with Crippen molar-refractivity contribution >= 4 is 40.8 Å². The number of amides is 1. The van der Waals surface area contributed by atoms with Gasteiger partial charge in [-0.3, -0.25) is 23.7 Å². The number of likely N-dealkylation sites (tertiary alicyclic amines) is 1. The fourth-order valence-corrected chi connectivity index (χ4v) is 3.71. The van der Waals surface area contributed by atoms with Crippen molar-refractivity contribution < 1.29 is 33.4 Å². The van der Waals surface area contributed by atoms with Gasteiger partial charge in [0.05, 0.1) is 6.33 Å². The number of esters is 3. The molecule has 0 radical (unpaired) electrons. The normalized spacial score (nSPS) is 22.9. The van der Waals surface area contributed by atoms with E-state index in [1.807, 2.05) is 0 Å². The number of ether oxygens (including phenoxy) is 3. The molecule has 2 N–H and O–H groups in total. The number of rotatable bonds is 5. The summed E-state index contributed by atoms with van der Waals surface area (Å²) in [4.78, 5) is 61.4. The molecule has 3 heterocycles. The predicted octanol–water partition coefficient (Wildman–Crippen LogP) is -0.436. The minimum atomic E-state index is -1.14. The van der Waals surface area contributed by atoms with Gasteiger partial charge >= 0.3 is 17.9 Å². The number of carbonyl (C=O) groups excluding carboxylic acids is 4. The Kier molecular flexibility index (Phi) is 6.04. The third-order valence-corrected chi connectivity index (χ3v) is 4.74. The largest absolute Gasteiger partial charge is 0.464 e. The lowest BCUT2D eigenvalue weighted by Gasteiger charge is -2.30. The van der Waals surface area contributed by atoms with Gasteiger partial charge in [0, 0.05) is 27.7 Å². The zero-order valence-electron chi connectivity index (χ0n) is 17.3. The molecule has 0 aliphatic carbocycles. The molecule has 1 fully saturated rings. The number of nitrogens with zero attached hydrogens (tertiary/aromatic N) is 5. The monoisotopic (exact) mass is 434 g/mol. The molecule has 0 bridgehead atoms. The second kappa shape index (κ2) is 8.53. The molecule has 1 aliphatic heterocycles. The summed E-state index contributed by atoms with van der Waals surface area (Å²) in [7, 11) is 0. The first-order valence-corrected chi connectivity index (χ1v) is 9.31. The highest BCUT2D eigenvalue weighted by Gasteiger charge is 2.56. The van der Waals surface area contributed by atoms with Gasteiger partial charge in [-0.2, -0.15) is 0 Å². The van der Waals surface area contributed by atoms with E-state index in [0.29, 0.717) is 0 Å². The Morgan fingerprint density at radius 1 is 0.968 bits per heavy atom. The number of aromatic nitrogens is 4. The molecule has 1 amide bonds. The number of anilines is 1. The number of hydrogen-bond donors (Lipinski definition) is 1. The maximum absolute atomic E-state index is 12.7. The van der Waals surface area contributed by atoms with E-state index in [1.165, 1.54) is 49.8 Å². The Labute approximate surface area is 176 Å². The molecular weight excluding hydrogens is 412 g/mol. The second-order valence-electron chi connectivity index (χ2n) is 6.94. The average Bonchev–Trinajstić information content (AvgIpc) is 3.20. The third kappa shape index (κ3) is 4.25. The summed E-state index contributed by atoms with van der Waals surface area (Å²) in [6.45, 7) is 4.57. The Bertz CT molecular complexity index is 1040. The highest BCUT2D eigenvalue weighted by atomic mass is 16.6. The molecule has 31 heavy (non-hydrogen) atoms. The molecule has 166 valence electrons. The Morgan fingerprint density at radius 3 is 2.19 bits per heavy atom. The van der Waals surface area contributed by atoms with Gasteiger partial charge in [0.15, 0.2) is 29.8 Å². The van der Waals surface area contributed by atoms with E-state index < -0.39 is 48.2 Å². The van der Waals surface area contributed by atoms with Crippen LogP contribution in [0.3, 0.4) is 0 Å². The van der Waals surface area contributed by atoms with Crippen LogP contribution in [0.1, 0.15) is 33.9 Å².